The number of piperidine rings is 1. The van der Waals surface area contributed by atoms with E-state index in [0.29, 0.717) is 53.3 Å². The Morgan fingerprint density at radius 1 is 1.18 bits per heavy atom. The Kier molecular flexibility index (Phi) is 8.93. The first-order chi connectivity index (χ1) is 22.1. The number of anilines is 2. The van der Waals surface area contributed by atoms with Gasteiger partial charge >= 0.3 is 6.18 Å². The summed E-state index contributed by atoms with van der Waals surface area (Å²) >= 11 is 1.13. The van der Waals surface area contributed by atoms with Gasteiger partial charge in [0.25, 0.3) is 0 Å². The van der Waals surface area contributed by atoms with Crippen molar-refractivity contribution in [2.24, 2.45) is 0 Å². The van der Waals surface area contributed by atoms with E-state index in [1.165, 1.54) is 12.1 Å². The number of thiophene rings is 1. The van der Waals surface area contributed by atoms with Crippen LogP contribution in [0.4, 0.5) is 28.9 Å². The first-order valence-electron chi connectivity index (χ1n) is 16.0. The van der Waals surface area contributed by atoms with Crippen LogP contribution in [0.3, 0.4) is 0 Å². The second kappa shape index (κ2) is 13.7. The maximum Gasteiger partial charge on any atom is 0.393 e. The Morgan fingerprint density at radius 3 is 2.68 bits per heavy atom. The molecule has 2 aliphatic rings. The molecule has 44 heavy (non-hydrogen) atoms. The van der Waals surface area contributed by atoms with Gasteiger partial charge in [0.1, 0.15) is 19.1 Å². The van der Waals surface area contributed by atoms with Gasteiger partial charge in [0.05, 0.1) is 51.1 Å². The molecule has 2 aliphatic heterocycles. The van der Waals surface area contributed by atoms with Gasteiger partial charge in [0, 0.05) is 37.6 Å². The maximum absolute atomic E-state index is 15.4. The number of nitrogens with one attached hydrogen (secondary N) is 2. The van der Waals surface area contributed by atoms with Crippen LogP contribution in [0, 0.1) is 11.8 Å². The van der Waals surface area contributed by atoms with Crippen LogP contribution in [0.5, 0.6) is 5.75 Å². The minimum Gasteiger partial charge on any atom is -0.495 e. The number of benzene rings is 2. The Labute approximate surface area is 264 Å². The van der Waals surface area contributed by atoms with Crippen LogP contribution in [-0.2, 0) is 15.7 Å². The molecule has 2 fully saturated rings. The molecule has 12 heteroatoms. The van der Waals surface area contributed by atoms with E-state index in [2.05, 4.69) is 27.4 Å². The van der Waals surface area contributed by atoms with Crippen LogP contribution in [0.25, 0.3) is 10.1 Å². The highest BCUT2D eigenvalue weighted by Gasteiger charge is 2.34. The highest BCUT2D eigenvalue weighted by molar-refractivity contribution is 7.70. The topological polar surface area (TPSA) is 62.8 Å². The number of hydrogen-bond acceptors (Lipinski definition) is 7. The summed E-state index contributed by atoms with van der Waals surface area (Å²) in [7, 11) is -5.47. The average molecular weight is 655 g/mol. The van der Waals surface area contributed by atoms with Crippen LogP contribution in [0.1, 0.15) is 33.8 Å². The number of hydrogen-bond donors (Lipinski definition) is 2. The molecule has 3 heterocycles. The quantitative estimate of drug-likeness (QED) is 0.160. The van der Waals surface area contributed by atoms with E-state index >= 15 is 4.39 Å². The number of nitrogens with zero attached hydrogens (tertiary/aromatic N) is 1. The van der Waals surface area contributed by atoms with Crippen LogP contribution >= 0.6 is 18.5 Å². The summed E-state index contributed by atoms with van der Waals surface area (Å²) in [6.45, 7) is 5.45. The molecule has 0 bridgehead atoms. The molecule has 2 N–H and O–H groups in total. The predicted molar refractivity (Wildman–Crippen MR) is 171 cm³/mol. The normalized spacial score (nSPS) is 21.5. The zero-order chi connectivity index (χ0) is 34.0. The van der Waals surface area contributed by atoms with Gasteiger partial charge in [0.2, 0.25) is 0 Å². The molecule has 5 rings (SSSR count). The largest absolute Gasteiger partial charge is 0.495 e. The molecule has 1 aromatic heterocycles. The van der Waals surface area contributed by atoms with Crippen molar-refractivity contribution >= 4 is 45.2 Å². The molecule has 0 saturated carbocycles. The summed E-state index contributed by atoms with van der Waals surface area (Å²) in [5.74, 6) is 5.69. The second-order valence-electron chi connectivity index (χ2n) is 11.6. The van der Waals surface area contributed by atoms with E-state index in [0.717, 1.165) is 30.7 Å². The lowest BCUT2D eigenvalue weighted by molar-refractivity contribution is -0.126. The molecule has 6 nitrogen and oxygen atoms in total. The molecule has 2 saturated heterocycles. The Balaban J connectivity index is 1.36. The summed E-state index contributed by atoms with van der Waals surface area (Å²) in [6, 6.07) is 9.42. The number of ether oxygens (including phenoxy) is 2. The fourth-order valence-corrected chi connectivity index (χ4v) is 7.81. The summed E-state index contributed by atoms with van der Waals surface area (Å²) in [5.41, 5.74) is 0.914. The molecule has 3 aromatic rings. The van der Waals surface area contributed by atoms with Gasteiger partial charge in [-0.15, -0.1) is 11.3 Å². The highest BCUT2D eigenvalue weighted by atomic mass is 32.1. The van der Waals surface area contributed by atoms with Crippen molar-refractivity contribution in [2.45, 2.75) is 50.1 Å². The summed E-state index contributed by atoms with van der Waals surface area (Å²) < 4.78 is 103. The molecule has 238 valence electrons. The van der Waals surface area contributed by atoms with Gasteiger partial charge in [-0.1, -0.05) is 24.0 Å². The lowest BCUT2D eigenvalue weighted by atomic mass is 9.98. The van der Waals surface area contributed by atoms with Crippen molar-refractivity contribution in [1.29, 1.82) is 0 Å². The van der Waals surface area contributed by atoms with Gasteiger partial charge < -0.3 is 24.7 Å². The monoisotopic (exact) mass is 654 g/mol. The Bertz CT molecular complexity index is 1680. The first kappa shape index (κ1) is 28.7. The van der Waals surface area contributed by atoms with Crippen LogP contribution < -0.4 is 20.7 Å². The number of methoxy groups -OCH3 is 1. The lowest BCUT2D eigenvalue weighted by Gasteiger charge is -2.41. The zero-order valence-corrected chi connectivity index (χ0v) is 26.3. The van der Waals surface area contributed by atoms with Crippen molar-refractivity contribution in [3.05, 3.63) is 46.8 Å². The lowest BCUT2D eigenvalue weighted by Crippen LogP contribution is -2.52. The summed E-state index contributed by atoms with van der Waals surface area (Å²) in [6.07, 6.45) is -4.47. The molecule has 0 aliphatic carbocycles. The van der Waals surface area contributed by atoms with Crippen LogP contribution in [-0.4, -0.2) is 82.5 Å². The number of fused-ring (bicyclic) bond motifs is 1. The first-order valence-corrected chi connectivity index (χ1v) is 17.9. The summed E-state index contributed by atoms with van der Waals surface area (Å²) in [4.78, 5) is 2.42. The van der Waals surface area contributed by atoms with E-state index in [9.17, 15) is 17.7 Å². The van der Waals surface area contributed by atoms with E-state index in [1.54, 1.807) is 37.6 Å². The Hall–Kier alpha value is -2.77. The molecule has 0 radical (unpaired) electrons. The molecular formula is C32H38F4N3O3PS. The number of halogens is 4. The average Bonchev–Trinajstić information content (AvgIpc) is 3.32. The van der Waals surface area contributed by atoms with E-state index in [1.807, 2.05) is 0 Å². The molecule has 0 spiro atoms. The molecular weight excluding hydrogens is 613 g/mol. The predicted octanol–water partition coefficient (Wildman–Crippen LogP) is 6.73. The minimum absolute atomic E-state index is 0.0340. The SMILES string of the molecule is [2H]C([2H])([2H])Oc1cc(P(C)(C)=O)ccc1NCC#Cc1sc2c(NC3CCN(C4CCOCC4)CC3F)cccc2c1CC(F)(F)F. The third-order valence-electron chi connectivity index (χ3n) is 8.08. The van der Waals surface area contributed by atoms with E-state index < -0.39 is 39.0 Å². The standard InChI is InChI=1S/C32H38F4N3O3PS/c1-41-29-18-22(43(2,3)40)9-10-27(29)37-14-5-8-30-24(19-32(34,35)36)23-6-4-7-28(31(23)44-30)38-26-11-15-39(20-25(26)33)21-12-16-42-17-13-21/h4,6-7,9-10,18,21,25-26,37-38H,11-17,19-20H2,1-3H3/i1D3. The number of alkyl halides is 4. The van der Waals surface area contributed by atoms with E-state index in [4.69, 9.17) is 13.6 Å². The molecule has 2 atom stereocenters. The molecule has 0 amide bonds. The van der Waals surface area contributed by atoms with Gasteiger partial charge in [0.15, 0.2) is 0 Å². The number of likely N-dealkylation sites (tertiary alicyclic amines) is 1. The number of rotatable bonds is 8. The van der Waals surface area contributed by atoms with Gasteiger partial charge in [-0.05, 0) is 67.8 Å². The van der Waals surface area contributed by atoms with Crippen molar-refractivity contribution in [1.82, 2.24) is 4.90 Å². The van der Waals surface area contributed by atoms with Crippen molar-refractivity contribution in [2.75, 3.05) is 63.8 Å². The van der Waals surface area contributed by atoms with Crippen molar-refractivity contribution in [3.8, 4) is 17.6 Å². The van der Waals surface area contributed by atoms with Crippen molar-refractivity contribution < 1.29 is 35.7 Å². The van der Waals surface area contributed by atoms with Crippen molar-refractivity contribution in [3.63, 3.8) is 0 Å². The summed E-state index contributed by atoms with van der Waals surface area (Å²) in [5, 5.41) is 7.10. The Morgan fingerprint density at radius 2 is 1.98 bits per heavy atom. The molecule has 2 unspecified atom stereocenters. The maximum atomic E-state index is 15.4. The van der Waals surface area contributed by atoms with Gasteiger partial charge in [-0.2, -0.15) is 13.2 Å². The highest BCUT2D eigenvalue weighted by Crippen LogP contribution is 2.40. The second-order valence-corrected chi connectivity index (χ2v) is 15.8. The third kappa shape index (κ3) is 7.89. The fraction of sp³-hybridized carbons (Fsp3) is 0.500. The van der Waals surface area contributed by atoms with Gasteiger partial charge in [-0.3, -0.25) is 4.90 Å². The fourth-order valence-electron chi connectivity index (χ4n) is 5.77. The van der Waals surface area contributed by atoms with Crippen LogP contribution in [0.2, 0.25) is 0 Å². The van der Waals surface area contributed by atoms with Gasteiger partial charge in [-0.25, -0.2) is 4.39 Å². The zero-order valence-electron chi connectivity index (χ0n) is 27.6. The molecule has 2 aromatic carbocycles. The van der Waals surface area contributed by atoms with E-state index in [-0.39, 0.29) is 28.4 Å². The van der Waals surface area contributed by atoms with Crippen LogP contribution in [0.15, 0.2) is 36.4 Å². The third-order valence-corrected chi connectivity index (χ3v) is 10.8. The minimum atomic E-state index is -4.48. The smallest absolute Gasteiger partial charge is 0.393 e.